The van der Waals surface area contributed by atoms with Crippen molar-refractivity contribution in [1.82, 2.24) is 9.88 Å². The highest BCUT2D eigenvalue weighted by atomic mass is 79.9. The van der Waals surface area contributed by atoms with Gasteiger partial charge < -0.3 is 5.11 Å². The molecule has 0 aliphatic carbocycles. The van der Waals surface area contributed by atoms with Crippen LogP contribution in [0.3, 0.4) is 0 Å². The van der Waals surface area contributed by atoms with Crippen LogP contribution in [0, 0.1) is 0 Å². The Morgan fingerprint density at radius 1 is 1.12 bits per heavy atom. The van der Waals surface area contributed by atoms with Crippen LogP contribution in [-0.4, -0.2) is 33.5 Å². The first-order valence-electron chi connectivity index (χ1n) is 8.74. The molecule has 3 aromatic rings. The van der Waals surface area contributed by atoms with Crippen LogP contribution in [-0.2, 0) is 4.79 Å². The molecule has 1 aliphatic heterocycles. The largest absolute Gasteiger partial charge is 0.480 e. The van der Waals surface area contributed by atoms with E-state index < -0.39 is 12.0 Å². The van der Waals surface area contributed by atoms with Gasteiger partial charge in [0.05, 0.1) is 17.3 Å². The van der Waals surface area contributed by atoms with Gasteiger partial charge in [0.15, 0.2) is 0 Å². The summed E-state index contributed by atoms with van der Waals surface area (Å²) in [5.41, 5.74) is 2.85. The lowest BCUT2D eigenvalue weighted by Crippen LogP contribution is -2.39. The number of likely N-dealkylation sites (tertiary alicyclic amines) is 1. The average molecular weight is 411 g/mol. The number of pyridine rings is 1. The van der Waals surface area contributed by atoms with E-state index in [0.29, 0.717) is 6.42 Å². The average Bonchev–Trinajstić information content (AvgIpc) is 3.13. The fourth-order valence-electron chi connectivity index (χ4n) is 3.80. The number of hydrogen-bond donors (Lipinski definition) is 1. The minimum absolute atomic E-state index is 0.196. The number of aliphatic carboxylic acids is 1. The standard InChI is InChI=1S/C21H19BrN2O2/c22-16-8-3-2-7-15(16)20(24-13-5-10-19(24)21(25)26)18-12-11-14-6-1-4-9-17(14)23-18/h1-4,6-9,11-12,19-20H,5,10,13H2,(H,25,26). The maximum atomic E-state index is 11.8. The molecule has 1 aromatic heterocycles. The molecule has 2 heterocycles. The molecule has 5 heteroatoms. The van der Waals surface area contributed by atoms with Crippen LogP contribution >= 0.6 is 15.9 Å². The number of hydrogen-bond acceptors (Lipinski definition) is 3. The monoisotopic (exact) mass is 410 g/mol. The second-order valence-electron chi connectivity index (χ2n) is 6.59. The third-order valence-corrected chi connectivity index (χ3v) is 5.73. The first kappa shape index (κ1) is 17.2. The van der Waals surface area contributed by atoms with Crippen LogP contribution in [0.4, 0.5) is 0 Å². The number of halogens is 1. The van der Waals surface area contributed by atoms with E-state index in [1.165, 1.54) is 0 Å². The summed E-state index contributed by atoms with van der Waals surface area (Å²) < 4.78 is 0.969. The van der Waals surface area contributed by atoms with Crippen molar-refractivity contribution in [3.63, 3.8) is 0 Å². The van der Waals surface area contributed by atoms with Crippen LogP contribution in [0.1, 0.15) is 30.1 Å². The minimum atomic E-state index is -0.764. The number of aromatic nitrogens is 1. The molecule has 0 saturated carbocycles. The Hall–Kier alpha value is -2.24. The highest BCUT2D eigenvalue weighted by Gasteiger charge is 2.38. The van der Waals surface area contributed by atoms with Gasteiger partial charge in [0.2, 0.25) is 0 Å². The van der Waals surface area contributed by atoms with Crippen LogP contribution in [0.5, 0.6) is 0 Å². The number of fused-ring (bicyclic) bond motifs is 1. The zero-order valence-electron chi connectivity index (χ0n) is 14.2. The van der Waals surface area contributed by atoms with Crippen molar-refractivity contribution in [3.05, 3.63) is 76.4 Å². The van der Waals surface area contributed by atoms with Gasteiger partial charge in [-0.2, -0.15) is 0 Å². The van der Waals surface area contributed by atoms with Crippen molar-refractivity contribution in [1.29, 1.82) is 0 Å². The van der Waals surface area contributed by atoms with Gasteiger partial charge in [-0.1, -0.05) is 58.4 Å². The van der Waals surface area contributed by atoms with Crippen molar-refractivity contribution < 1.29 is 9.90 Å². The van der Waals surface area contributed by atoms with Crippen LogP contribution in [0.15, 0.2) is 65.1 Å². The lowest BCUT2D eigenvalue weighted by atomic mass is 9.99. The van der Waals surface area contributed by atoms with Gasteiger partial charge in [0.1, 0.15) is 6.04 Å². The SMILES string of the molecule is O=C(O)C1CCCN1C(c1ccc2ccccc2n1)c1ccccc1Br. The van der Waals surface area contributed by atoms with Crippen LogP contribution < -0.4 is 0 Å². The zero-order chi connectivity index (χ0) is 18.1. The van der Waals surface area contributed by atoms with Gasteiger partial charge in [-0.05, 0) is 36.6 Å². The summed E-state index contributed by atoms with van der Waals surface area (Å²) in [6.07, 6.45) is 1.55. The number of benzene rings is 2. The summed E-state index contributed by atoms with van der Waals surface area (Å²) in [5, 5.41) is 10.8. The van der Waals surface area contributed by atoms with Gasteiger partial charge in [0.25, 0.3) is 0 Å². The van der Waals surface area contributed by atoms with E-state index in [2.05, 4.69) is 26.9 Å². The number of para-hydroxylation sites is 1. The fraction of sp³-hybridized carbons (Fsp3) is 0.238. The van der Waals surface area contributed by atoms with Crippen LogP contribution in [0.2, 0.25) is 0 Å². The van der Waals surface area contributed by atoms with Gasteiger partial charge in [-0.3, -0.25) is 14.7 Å². The van der Waals surface area contributed by atoms with E-state index in [-0.39, 0.29) is 6.04 Å². The smallest absolute Gasteiger partial charge is 0.320 e. The molecular formula is C21H19BrN2O2. The number of nitrogens with zero attached hydrogens (tertiary/aromatic N) is 2. The molecule has 132 valence electrons. The van der Waals surface area contributed by atoms with Crippen LogP contribution in [0.25, 0.3) is 10.9 Å². The molecule has 2 atom stereocenters. The highest BCUT2D eigenvalue weighted by molar-refractivity contribution is 9.10. The molecule has 1 aliphatic rings. The quantitative estimate of drug-likeness (QED) is 0.680. The summed E-state index contributed by atoms with van der Waals surface area (Å²) in [7, 11) is 0. The molecule has 4 rings (SSSR count). The number of rotatable bonds is 4. The topological polar surface area (TPSA) is 53.4 Å². The second kappa shape index (κ2) is 7.17. The minimum Gasteiger partial charge on any atom is -0.480 e. The third-order valence-electron chi connectivity index (χ3n) is 5.01. The molecule has 1 N–H and O–H groups in total. The molecule has 1 saturated heterocycles. The van der Waals surface area contributed by atoms with Gasteiger partial charge in [0, 0.05) is 16.4 Å². The molecule has 2 unspecified atom stereocenters. The molecule has 0 spiro atoms. The molecule has 0 radical (unpaired) electrons. The van der Waals surface area contributed by atoms with Gasteiger partial charge in [-0.25, -0.2) is 0 Å². The van der Waals surface area contributed by atoms with Crippen molar-refractivity contribution in [2.75, 3.05) is 6.54 Å². The Morgan fingerprint density at radius 2 is 1.88 bits per heavy atom. The van der Waals surface area contributed by atoms with E-state index in [1.807, 2.05) is 54.6 Å². The predicted molar refractivity (Wildman–Crippen MR) is 105 cm³/mol. The molecule has 4 nitrogen and oxygen atoms in total. The molecule has 2 aromatic carbocycles. The summed E-state index contributed by atoms with van der Waals surface area (Å²) in [6.45, 7) is 0.747. The second-order valence-corrected chi connectivity index (χ2v) is 7.44. The first-order chi connectivity index (χ1) is 12.6. The number of carbonyl (C=O) groups is 1. The highest BCUT2D eigenvalue weighted by Crippen LogP contribution is 2.37. The van der Waals surface area contributed by atoms with E-state index in [9.17, 15) is 9.90 Å². The lowest BCUT2D eigenvalue weighted by molar-refractivity contribution is -0.142. The molecule has 0 amide bonds. The predicted octanol–water partition coefficient (Wildman–Crippen LogP) is 4.64. The summed E-state index contributed by atoms with van der Waals surface area (Å²) in [5.74, 6) is -0.764. The van der Waals surface area contributed by atoms with E-state index in [0.717, 1.165) is 39.6 Å². The number of carboxylic acids is 1. The van der Waals surface area contributed by atoms with E-state index in [4.69, 9.17) is 4.98 Å². The molecule has 1 fully saturated rings. The molecule has 26 heavy (non-hydrogen) atoms. The Kier molecular flexibility index (Phi) is 4.74. The molecular weight excluding hydrogens is 392 g/mol. The van der Waals surface area contributed by atoms with Gasteiger partial charge in [-0.15, -0.1) is 0 Å². The summed E-state index contributed by atoms with van der Waals surface area (Å²) in [6, 6.07) is 19.4. The lowest BCUT2D eigenvalue weighted by Gasteiger charge is -2.32. The summed E-state index contributed by atoms with van der Waals surface area (Å²) >= 11 is 3.65. The maximum absolute atomic E-state index is 11.8. The van der Waals surface area contributed by atoms with Crippen molar-refractivity contribution in [2.45, 2.75) is 24.9 Å². The first-order valence-corrected chi connectivity index (χ1v) is 9.53. The number of carboxylic acid groups (broad SMARTS) is 1. The maximum Gasteiger partial charge on any atom is 0.320 e. The van der Waals surface area contributed by atoms with Crippen molar-refractivity contribution >= 4 is 32.8 Å². The van der Waals surface area contributed by atoms with Crippen molar-refractivity contribution in [3.8, 4) is 0 Å². The Labute approximate surface area is 160 Å². The normalized spacial score (nSPS) is 18.9. The third kappa shape index (κ3) is 3.13. The fourth-order valence-corrected chi connectivity index (χ4v) is 4.30. The van der Waals surface area contributed by atoms with Crippen molar-refractivity contribution in [2.24, 2.45) is 0 Å². The summed E-state index contributed by atoms with van der Waals surface area (Å²) in [4.78, 5) is 18.7. The molecule has 0 bridgehead atoms. The zero-order valence-corrected chi connectivity index (χ0v) is 15.8. The Bertz CT molecular complexity index is 959. The Morgan fingerprint density at radius 3 is 2.69 bits per heavy atom. The van der Waals surface area contributed by atoms with E-state index in [1.54, 1.807) is 0 Å². The Balaban J connectivity index is 1.87. The van der Waals surface area contributed by atoms with E-state index >= 15 is 0 Å². The van der Waals surface area contributed by atoms with Gasteiger partial charge >= 0.3 is 5.97 Å².